The fraction of sp³-hybridized carbons (Fsp3) is 0.450. The van der Waals surface area contributed by atoms with Gasteiger partial charge in [0.1, 0.15) is 0 Å². The predicted octanol–water partition coefficient (Wildman–Crippen LogP) is 1.82. The van der Waals surface area contributed by atoms with Crippen LogP contribution in [0.25, 0.3) is 0 Å². The lowest BCUT2D eigenvalue weighted by atomic mass is 10.0. The molecular formula is C20H26N4O2. The minimum atomic E-state index is -0.620. The number of β-amino-alcohol motifs (C(OH)–C–C–N with tert-alkyl or cyclic N) is 1. The number of aliphatic hydroxyl groups is 1. The number of benzene rings is 1. The first-order valence-corrected chi connectivity index (χ1v) is 9.04. The Morgan fingerprint density at radius 2 is 1.92 bits per heavy atom. The summed E-state index contributed by atoms with van der Waals surface area (Å²) in [5.41, 5.74) is 3.08. The molecule has 0 saturated carbocycles. The van der Waals surface area contributed by atoms with Gasteiger partial charge in [-0.2, -0.15) is 5.10 Å². The third kappa shape index (κ3) is 4.38. The summed E-state index contributed by atoms with van der Waals surface area (Å²) in [6, 6.07) is 11.6. The Balaban J connectivity index is 1.56. The van der Waals surface area contributed by atoms with Crippen molar-refractivity contribution >= 4 is 11.7 Å². The molecule has 3 rings (SSSR count). The van der Waals surface area contributed by atoms with Crippen LogP contribution in [0.2, 0.25) is 0 Å². The van der Waals surface area contributed by atoms with Gasteiger partial charge in [-0.25, -0.2) is 0 Å². The Bertz CT molecular complexity index is 743. The van der Waals surface area contributed by atoms with Gasteiger partial charge in [0.25, 0.3) is 0 Å². The Labute approximate surface area is 154 Å². The summed E-state index contributed by atoms with van der Waals surface area (Å²) in [5, 5.41) is 21.4. The van der Waals surface area contributed by atoms with Gasteiger partial charge in [0.2, 0.25) is 5.91 Å². The molecule has 1 fully saturated rings. The summed E-state index contributed by atoms with van der Waals surface area (Å²) in [4.78, 5) is 14.3. The van der Waals surface area contributed by atoms with Gasteiger partial charge in [0.15, 0.2) is 5.82 Å². The SMILES string of the molecule is Cc1ccc(N2C[C@@H](O)[C@@H](NC(=O)Cc3ccc(C(C)C)cc3)C2)nn1. The van der Waals surface area contributed by atoms with Crippen molar-refractivity contribution in [1.29, 1.82) is 0 Å². The van der Waals surface area contributed by atoms with Crippen molar-refractivity contribution < 1.29 is 9.90 Å². The molecule has 1 aromatic carbocycles. The lowest BCUT2D eigenvalue weighted by Crippen LogP contribution is -2.43. The van der Waals surface area contributed by atoms with Gasteiger partial charge < -0.3 is 15.3 Å². The van der Waals surface area contributed by atoms with Crippen LogP contribution in [0, 0.1) is 6.92 Å². The Hall–Kier alpha value is -2.47. The summed E-state index contributed by atoms with van der Waals surface area (Å²) in [6.45, 7) is 7.13. The molecule has 6 heteroatoms. The van der Waals surface area contributed by atoms with E-state index in [1.54, 1.807) is 0 Å². The van der Waals surface area contributed by atoms with E-state index in [0.29, 0.717) is 25.4 Å². The van der Waals surface area contributed by atoms with Crippen LogP contribution in [0.15, 0.2) is 36.4 Å². The number of rotatable bonds is 5. The van der Waals surface area contributed by atoms with E-state index in [0.717, 1.165) is 17.1 Å². The highest BCUT2D eigenvalue weighted by molar-refractivity contribution is 5.79. The van der Waals surface area contributed by atoms with Crippen LogP contribution in [0.3, 0.4) is 0 Å². The molecule has 138 valence electrons. The van der Waals surface area contributed by atoms with Crippen LogP contribution in [0.5, 0.6) is 0 Å². The molecular weight excluding hydrogens is 328 g/mol. The number of anilines is 1. The minimum absolute atomic E-state index is 0.0804. The maximum atomic E-state index is 12.4. The molecule has 2 heterocycles. The van der Waals surface area contributed by atoms with Crippen molar-refractivity contribution in [3.63, 3.8) is 0 Å². The average Bonchev–Trinajstić information content (AvgIpc) is 2.96. The number of aromatic nitrogens is 2. The number of hydrogen-bond acceptors (Lipinski definition) is 5. The zero-order chi connectivity index (χ0) is 18.7. The second-order valence-electron chi connectivity index (χ2n) is 7.25. The lowest BCUT2D eigenvalue weighted by Gasteiger charge is -2.17. The Kier molecular flexibility index (Phi) is 5.52. The van der Waals surface area contributed by atoms with E-state index in [1.807, 2.05) is 36.1 Å². The molecule has 1 aliphatic rings. The molecule has 1 aromatic heterocycles. The quantitative estimate of drug-likeness (QED) is 0.856. The monoisotopic (exact) mass is 354 g/mol. The molecule has 26 heavy (non-hydrogen) atoms. The van der Waals surface area contributed by atoms with Crippen molar-refractivity contribution in [2.45, 2.75) is 45.3 Å². The fourth-order valence-corrected chi connectivity index (χ4v) is 3.14. The summed E-state index contributed by atoms with van der Waals surface area (Å²) in [5.74, 6) is 1.11. The van der Waals surface area contributed by atoms with Gasteiger partial charge in [0.05, 0.1) is 24.3 Å². The highest BCUT2D eigenvalue weighted by Crippen LogP contribution is 2.18. The summed E-state index contributed by atoms with van der Waals surface area (Å²) in [6.07, 6.45) is -0.309. The largest absolute Gasteiger partial charge is 0.389 e. The smallest absolute Gasteiger partial charge is 0.224 e. The third-order valence-corrected chi connectivity index (χ3v) is 4.75. The zero-order valence-electron chi connectivity index (χ0n) is 15.5. The van der Waals surface area contributed by atoms with Gasteiger partial charge in [-0.15, -0.1) is 5.10 Å². The highest BCUT2D eigenvalue weighted by Gasteiger charge is 2.33. The molecule has 1 saturated heterocycles. The average molecular weight is 354 g/mol. The van der Waals surface area contributed by atoms with Gasteiger partial charge in [-0.3, -0.25) is 4.79 Å². The molecule has 0 bridgehead atoms. The number of carbonyl (C=O) groups excluding carboxylic acids is 1. The third-order valence-electron chi connectivity index (χ3n) is 4.75. The van der Waals surface area contributed by atoms with Crippen LogP contribution in [-0.4, -0.2) is 46.4 Å². The van der Waals surface area contributed by atoms with Crippen molar-refractivity contribution in [1.82, 2.24) is 15.5 Å². The van der Waals surface area contributed by atoms with E-state index < -0.39 is 6.10 Å². The van der Waals surface area contributed by atoms with Crippen LogP contribution in [0.4, 0.5) is 5.82 Å². The number of aliphatic hydroxyl groups excluding tert-OH is 1. The molecule has 2 N–H and O–H groups in total. The molecule has 0 radical (unpaired) electrons. The van der Waals surface area contributed by atoms with Crippen LogP contribution < -0.4 is 10.2 Å². The Morgan fingerprint density at radius 1 is 1.19 bits per heavy atom. The van der Waals surface area contributed by atoms with Gasteiger partial charge in [0, 0.05) is 13.1 Å². The highest BCUT2D eigenvalue weighted by atomic mass is 16.3. The number of nitrogens with zero attached hydrogens (tertiary/aromatic N) is 3. The normalized spacial score (nSPS) is 19.8. The second kappa shape index (κ2) is 7.83. The van der Waals surface area contributed by atoms with E-state index in [2.05, 4.69) is 41.5 Å². The standard InChI is InChI=1S/C20H26N4O2/c1-13(2)16-7-5-15(6-8-16)10-20(26)21-17-11-24(12-18(17)25)19-9-4-14(3)22-23-19/h4-9,13,17-18,25H,10-12H2,1-3H3,(H,21,26)/t17-,18+/m0/s1. The molecule has 6 nitrogen and oxygen atoms in total. The first kappa shape index (κ1) is 18.3. The van der Waals surface area contributed by atoms with Crippen molar-refractivity contribution in [3.05, 3.63) is 53.2 Å². The first-order valence-electron chi connectivity index (χ1n) is 9.04. The summed E-state index contributed by atoms with van der Waals surface area (Å²) >= 11 is 0. The van der Waals surface area contributed by atoms with Gasteiger partial charge in [-0.1, -0.05) is 38.1 Å². The molecule has 0 aliphatic carbocycles. The summed E-state index contributed by atoms with van der Waals surface area (Å²) < 4.78 is 0. The van der Waals surface area contributed by atoms with Crippen LogP contribution >= 0.6 is 0 Å². The predicted molar refractivity (Wildman–Crippen MR) is 101 cm³/mol. The van der Waals surface area contributed by atoms with Crippen LogP contribution in [-0.2, 0) is 11.2 Å². The van der Waals surface area contributed by atoms with Gasteiger partial charge >= 0.3 is 0 Å². The van der Waals surface area contributed by atoms with E-state index >= 15 is 0 Å². The van der Waals surface area contributed by atoms with Gasteiger partial charge in [-0.05, 0) is 36.1 Å². The van der Waals surface area contributed by atoms with E-state index in [4.69, 9.17) is 0 Å². The molecule has 2 aromatic rings. The Morgan fingerprint density at radius 3 is 2.54 bits per heavy atom. The molecule has 1 amide bonds. The topological polar surface area (TPSA) is 78.4 Å². The number of aryl methyl sites for hydroxylation is 1. The van der Waals surface area contributed by atoms with Crippen LogP contribution in [0.1, 0.15) is 36.6 Å². The molecule has 0 unspecified atom stereocenters. The number of hydrogen-bond donors (Lipinski definition) is 2. The van der Waals surface area contributed by atoms with E-state index in [-0.39, 0.29) is 11.9 Å². The summed E-state index contributed by atoms with van der Waals surface area (Å²) in [7, 11) is 0. The maximum Gasteiger partial charge on any atom is 0.224 e. The lowest BCUT2D eigenvalue weighted by molar-refractivity contribution is -0.121. The number of nitrogens with one attached hydrogen (secondary N) is 1. The maximum absolute atomic E-state index is 12.4. The fourth-order valence-electron chi connectivity index (χ4n) is 3.14. The number of carbonyl (C=O) groups is 1. The van der Waals surface area contributed by atoms with Crippen molar-refractivity contribution in [2.24, 2.45) is 0 Å². The first-order chi connectivity index (χ1) is 12.4. The second-order valence-corrected chi connectivity index (χ2v) is 7.25. The zero-order valence-corrected chi connectivity index (χ0v) is 15.5. The van der Waals surface area contributed by atoms with Crippen molar-refractivity contribution in [3.8, 4) is 0 Å². The van der Waals surface area contributed by atoms with E-state index in [1.165, 1.54) is 5.56 Å². The number of amides is 1. The van der Waals surface area contributed by atoms with Crippen molar-refractivity contribution in [2.75, 3.05) is 18.0 Å². The molecule has 0 spiro atoms. The minimum Gasteiger partial charge on any atom is -0.389 e. The van der Waals surface area contributed by atoms with E-state index in [9.17, 15) is 9.90 Å². The molecule has 2 atom stereocenters. The molecule has 1 aliphatic heterocycles.